The Labute approximate surface area is 145 Å². The van der Waals surface area contributed by atoms with Crippen LogP contribution in [-0.2, 0) is 18.2 Å². The Morgan fingerprint density at radius 2 is 2.25 bits per heavy atom. The van der Waals surface area contributed by atoms with Gasteiger partial charge in [0.2, 0.25) is 0 Å². The molecule has 0 saturated carbocycles. The summed E-state index contributed by atoms with van der Waals surface area (Å²) in [7, 11) is 5.49. The van der Waals surface area contributed by atoms with Crippen LogP contribution >= 0.6 is 0 Å². The Balaban J connectivity index is 1.89. The largest absolute Gasteiger partial charge is 0.383 e. The molecule has 0 unspecified atom stereocenters. The molecule has 0 bridgehead atoms. The van der Waals surface area contributed by atoms with Crippen molar-refractivity contribution in [1.29, 1.82) is 0 Å². The molecular weight excluding hydrogens is 304 g/mol. The molecule has 1 aromatic heterocycles. The number of likely N-dealkylation sites (tertiary alicyclic amines) is 1. The number of carbonyl (C=O) groups excluding carboxylic acids is 1. The number of rotatable bonds is 8. The Kier molecular flexibility index (Phi) is 6.80. The first-order valence-electron chi connectivity index (χ1n) is 8.90. The van der Waals surface area contributed by atoms with Gasteiger partial charge in [0, 0.05) is 40.8 Å². The minimum absolute atomic E-state index is 0.0651. The molecule has 1 aliphatic rings. The molecule has 1 saturated heterocycles. The fraction of sp³-hybridized carbons (Fsp3) is 0.778. The van der Waals surface area contributed by atoms with E-state index in [-0.39, 0.29) is 5.91 Å². The van der Waals surface area contributed by atoms with Crippen molar-refractivity contribution in [1.82, 2.24) is 19.6 Å². The second-order valence-electron chi connectivity index (χ2n) is 7.38. The lowest BCUT2D eigenvalue weighted by Gasteiger charge is -2.21. The summed E-state index contributed by atoms with van der Waals surface area (Å²) >= 11 is 0. The number of ether oxygens (including phenoxy) is 1. The van der Waals surface area contributed by atoms with Gasteiger partial charge >= 0.3 is 0 Å². The highest BCUT2D eigenvalue weighted by Gasteiger charge is 2.26. The SMILES string of the molecule is COCCN1CC[C@H](CN(C)C(=O)c2cc(CC(C)C)nn2C)C1. The number of amides is 1. The van der Waals surface area contributed by atoms with Crippen LogP contribution in [-0.4, -0.2) is 72.4 Å². The lowest BCUT2D eigenvalue weighted by Crippen LogP contribution is -2.34. The van der Waals surface area contributed by atoms with Gasteiger partial charge in [-0.15, -0.1) is 0 Å². The molecule has 0 radical (unpaired) electrons. The summed E-state index contributed by atoms with van der Waals surface area (Å²) in [6.07, 6.45) is 2.05. The molecular formula is C18H32N4O2. The number of aromatic nitrogens is 2. The number of aryl methyl sites for hydroxylation is 1. The van der Waals surface area contributed by atoms with Gasteiger partial charge in [0.1, 0.15) is 5.69 Å². The van der Waals surface area contributed by atoms with Gasteiger partial charge in [-0.1, -0.05) is 13.8 Å². The fourth-order valence-electron chi connectivity index (χ4n) is 3.40. The van der Waals surface area contributed by atoms with Crippen LogP contribution in [0.4, 0.5) is 0 Å². The van der Waals surface area contributed by atoms with Crippen molar-refractivity contribution in [2.45, 2.75) is 26.7 Å². The third-order valence-electron chi connectivity index (χ3n) is 4.63. The molecule has 24 heavy (non-hydrogen) atoms. The van der Waals surface area contributed by atoms with Crippen molar-refractivity contribution in [2.24, 2.45) is 18.9 Å². The number of methoxy groups -OCH3 is 1. The summed E-state index contributed by atoms with van der Waals surface area (Å²) in [6.45, 7) is 9.02. The lowest BCUT2D eigenvalue weighted by molar-refractivity contribution is 0.0761. The Bertz CT molecular complexity index is 541. The first kappa shape index (κ1) is 18.9. The average Bonchev–Trinajstić information content (AvgIpc) is 3.10. The van der Waals surface area contributed by atoms with Gasteiger partial charge in [0.15, 0.2) is 0 Å². The summed E-state index contributed by atoms with van der Waals surface area (Å²) in [6, 6.07) is 1.94. The standard InChI is InChI=1S/C18H32N4O2/c1-14(2)10-16-11-17(21(4)19-16)18(23)20(3)12-15-6-7-22(13-15)8-9-24-5/h11,14-15H,6-10,12-13H2,1-5H3/t15-/m1/s1. The maximum Gasteiger partial charge on any atom is 0.271 e. The Morgan fingerprint density at radius 1 is 1.50 bits per heavy atom. The smallest absolute Gasteiger partial charge is 0.271 e. The van der Waals surface area contributed by atoms with Gasteiger partial charge in [-0.05, 0) is 37.3 Å². The predicted octanol–water partition coefficient (Wildman–Crippen LogP) is 1.66. The third-order valence-corrected chi connectivity index (χ3v) is 4.63. The molecule has 2 rings (SSSR count). The van der Waals surface area contributed by atoms with E-state index in [1.165, 1.54) is 0 Å². The first-order chi connectivity index (χ1) is 11.4. The summed E-state index contributed by atoms with van der Waals surface area (Å²) in [5, 5.41) is 4.48. The van der Waals surface area contributed by atoms with Gasteiger partial charge in [-0.25, -0.2) is 0 Å². The van der Waals surface area contributed by atoms with E-state index in [1.54, 1.807) is 11.8 Å². The van der Waals surface area contributed by atoms with Crippen molar-refractivity contribution in [3.63, 3.8) is 0 Å². The topological polar surface area (TPSA) is 50.6 Å². The number of nitrogens with zero attached hydrogens (tertiary/aromatic N) is 4. The second kappa shape index (κ2) is 8.62. The molecule has 6 heteroatoms. The van der Waals surface area contributed by atoms with Crippen LogP contribution in [0.25, 0.3) is 0 Å². The van der Waals surface area contributed by atoms with Crippen molar-refractivity contribution in [2.75, 3.05) is 46.9 Å². The van der Waals surface area contributed by atoms with E-state index in [4.69, 9.17) is 4.74 Å². The molecule has 0 aliphatic carbocycles. The fourth-order valence-corrected chi connectivity index (χ4v) is 3.40. The lowest BCUT2D eigenvalue weighted by atomic mass is 10.1. The predicted molar refractivity (Wildman–Crippen MR) is 95.1 cm³/mol. The highest BCUT2D eigenvalue weighted by molar-refractivity contribution is 5.92. The highest BCUT2D eigenvalue weighted by Crippen LogP contribution is 2.18. The molecule has 6 nitrogen and oxygen atoms in total. The van der Waals surface area contributed by atoms with Crippen molar-refractivity contribution >= 4 is 5.91 Å². The molecule has 1 amide bonds. The van der Waals surface area contributed by atoms with E-state index in [0.717, 1.165) is 51.3 Å². The van der Waals surface area contributed by atoms with Crippen LogP contribution in [0.5, 0.6) is 0 Å². The summed E-state index contributed by atoms with van der Waals surface area (Å²) in [5.41, 5.74) is 1.68. The normalized spacial score (nSPS) is 18.5. The zero-order valence-electron chi connectivity index (χ0n) is 15.8. The molecule has 136 valence electrons. The summed E-state index contributed by atoms with van der Waals surface area (Å²) in [5.74, 6) is 1.15. The van der Waals surface area contributed by atoms with Crippen LogP contribution < -0.4 is 0 Å². The van der Waals surface area contributed by atoms with Crippen molar-refractivity contribution < 1.29 is 9.53 Å². The van der Waals surface area contributed by atoms with E-state index in [0.29, 0.717) is 17.5 Å². The maximum absolute atomic E-state index is 12.7. The van der Waals surface area contributed by atoms with Gasteiger partial charge < -0.3 is 14.5 Å². The summed E-state index contributed by atoms with van der Waals surface area (Å²) in [4.78, 5) is 17.0. The van der Waals surface area contributed by atoms with E-state index in [2.05, 4.69) is 23.8 Å². The quantitative estimate of drug-likeness (QED) is 0.724. The highest BCUT2D eigenvalue weighted by atomic mass is 16.5. The zero-order valence-corrected chi connectivity index (χ0v) is 15.8. The molecule has 1 atom stereocenters. The maximum atomic E-state index is 12.7. The third kappa shape index (κ3) is 5.05. The molecule has 0 N–H and O–H groups in total. The molecule has 1 aromatic rings. The molecule has 0 spiro atoms. The van der Waals surface area contributed by atoms with E-state index in [1.807, 2.05) is 25.1 Å². The second-order valence-corrected chi connectivity index (χ2v) is 7.38. The minimum atomic E-state index is 0.0651. The minimum Gasteiger partial charge on any atom is -0.383 e. The first-order valence-corrected chi connectivity index (χ1v) is 8.90. The monoisotopic (exact) mass is 336 g/mol. The van der Waals surface area contributed by atoms with Crippen LogP contribution in [0.1, 0.15) is 36.5 Å². The number of hydrogen-bond donors (Lipinski definition) is 0. The van der Waals surface area contributed by atoms with Crippen LogP contribution in [0.15, 0.2) is 6.07 Å². The molecule has 0 aromatic carbocycles. The average molecular weight is 336 g/mol. The molecule has 1 aliphatic heterocycles. The zero-order chi connectivity index (χ0) is 17.7. The van der Waals surface area contributed by atoms with Crippen LogP contribution in [0.3, 0.4) is 0 Å². The Hall–Kier alpha value is -1.40. The van der Waals surface area contributed by atoms with Crippen molar-refractivity contribution in [3.8, 4) is 0 Å². The van der Waals surface area contributed by atoms with Gasteiger partial charge in [-0.2, -0.15) is 5.10 Å². The van der Waals surface area contributed by atoms with Crippen LogP contribution in [0.2, 0.25) is 0 Å². The van der Waals surface area contributed by atoms with Crippen LogP contribution in [0, 0.1) is 11.8 Å². The van der Waals surface area contributed by atoms with Gasteiger partial charge in [0.05, 0.1) is 12.3 Å². The van der Waals surface area contributed by atoms with Crippen molar-refractivity contribution in [3.05, 3.63) is 17.5 Å². The molecule has 1 fully saturated rings. The number of carbonyl (C=O) groups is 1. The molecule has 2 heterocycles. The van der Waals surface area contributed by atoms with E-state index >= 15 is 0 Å². The Morgan fingerprint density at radius 3 is 2.92 bits per heavy atom. The van der Waals surface area contributed by atoms with Gasteiger partial charge in [-0.3, -0.25) is 9.48 Å². The number of hydrogen-bond acceptors (Lipinski definition) is 4. The summed E-state index contributed by atoms with van der Waals surface area (Å²) < 4.78 is 6.86. The van der Waals surface area contributed by atoms with Gasteiger partial charge in [0.25, 0.3) is 5.91 Å². The van der Waals surface area contributed by atoms with E-state index < -0.39 is 0 Å². The van der Waals surface area contributed by atoms with E-state index in [9.17, 15) is 4.79 Å².